The number of hydrogen-bond acceptors (Lipinski definition) is 3. The molecule has 0 aliphatic heterocycles. The Hall–Kier alpha value is -1.65. The fraction of sp³-hybridized carbons (Fsp3) is 0.583. The van der Waals surface area contributed by atoms with Gasteiger partial charge in [0.05, 0.1) is 17.4 Å². The van der Waals surface area contributed by atoms with Gasteiger partial charge in [-0.25, -0.2) is 19.3 Å². The third-order valence-electron chi connectivity index (χ3n) is 2.70. The Morgan fingerprint density at radius 2 is 2.06 bits per heavy atom. The van der Waals surface area contributed by atoms with E-state index in [0.29, 0.717) is 5.92 Å². The van der Waals surface area contributed by atoms with Crippen LogP contribution in [0.4, 0.5) is 0 Å². The van der Waals surface area contributed by atoms with Gasteiger partial charge < -0.3 is 0 Å². The van der Waals surface area contributed by atoms with Crippen LogP contribution in [0.5, 0.6) is 0 Å². The van der Waals surface area contributed by atoms with Crippen LogP contribution in [0.1, 0.15) is 45.1 Å². The Bertz CT molecular complexity index is 580. The van der Waals surface area contributed by atoms with Gasteiger partial charge in [-0.05, 0) is 11.8 Å². The summed E-state index contributed by atoms with van der Waals surface area (Å²) in [6, 6.07) is 0. The quantitative estimate of drug-likeness (QED) is 0.879. The summed E-state index contributed by atoms with van der Waals surface area (Å²) in [7, 11) is 0. The number of imidazole rings is 1. The first kappa shape index (κ1) is 11.8. The lowest BCUT2D eigenvalue weighted by Crippen LogP contribution is -2.20. The molecule has 17 heavy (non-hydrogen) atoms. The fourth-order valence-corrected chi connectivity index (χ4v) is 1.98. The van der Waals surface area contributed by atoms with E-state index in [0.717, 1.165) is 23.5 Å². The number of aromatic nitrogens is 4. The lowest BCUT2D eigenvalue weighted by atomic mass is 10.1. The maximum atomic E-state index is 11.8. The first-order valence-corrected chi connectivity index (χ1v) is 5.95. The van der Waals surface area contributed by atoms with Crippen molar-refractivity contribution in [2.24, 2.45) is 5.92 Å². The van der Waals surface area contributed by atoms with Crippen molar-refractivity contribution < 1.29 is 0 Å². The highest BCUT2D eigenvalue weighted by atomic mass is 16.1. The molecule has 0 saturated carbocycles. The van der Waals surface area contributed by atoms with Gasteiger partial charge in [0.15, 0.2) is 0 Å². The molecule has 2 aromatic rings. The molecule has 0 radical (unpaired) electrons. The minimum absolute atomic E-state index is 0.211. The first-order chi connectivity index (χ1) is 8.00. The van der Waals surface area contributed by atoms with Crippen LogP contribution in [-0.4, -0.2) is 19.6 Å². The summed E-state index contributed by atoms with van der Waals surface area (Å²) in [6.07, 6.45) is 2.47. The predicted octanol–water partition coefficient (Wildman–Crippen LogP) is 1.74. The molecule has 2 rings (SSSR count). The molecule has 1 N–H and O–H groups in total. The highest BCUT2D eigenvalue weighted by Gasteiger charge is 2.16. The van der Waals surface area contributed by atoms with Gasteiger partial charge in [0.25, 0.3) is 0 Å². The maximum Gasteiger partial charge on any atom is 0.347 e. The second-order valence-electron chi connectivity index (χ2n) is 5.06. The van der Waals surface area contributed by atoms with E-state index in [9.17, 15) is 4.79 Å². The van der Waals surface area contributed by atoms with Crippen molar-refractivity contribution in [3.8, 4) is 0 Å². The van der Waals surface area contributed by atoms with E-state index in [1.165, 1.54) is 0 Å². The van der Waals surface area contributed by atoms with Crippen molar-refractivity contribution in [2.75, 3.05) is 0 Å². The van der Waals surface area contributed by atoms with Crippen molar-refractivity contribution in [2.45, 2.75) is 40.0 Å². The van der Waals surface area contributed by atoms with Crippen molar-refractivity contribution in [3.63, 3.8) is 0 Å². The highest BCUT2D eigenvalue weighted by molar-refractivity contribution is 5.52. The molecule has 0 spiro atoms. The molecule has 0 fully saturated rings. The van der Waals surface area contributed by atoms with Crippen molar-refractivity contribution in [3.05, 3.63) is 28.2 Å². The molecular weight excluding hydrogens is 216 g/mol. The average molecular weight is 234 g/mol. The van der Waals surface area contributed by atoms with Crippen LogP contribution < -0.4 is 5.69 Å². The Morgan fingerprint density at radius 3 is 2.65 bits per heavy atom. The zero-order valence-corrected chi connectivity index (χ0v) is 10.7. The van der Waals surface area contributed by atoms with Gasteiger partial charge in [-0.15, -0.1) is 0 Å². The number of rotatable bonds is 3. The van der Waals surface area contributed by atoms with Crippen LogP contribution in [0.15, 0.2) is 11.0 Å². The van der Waals surface area contributed by atoms with Gasteiger partial charge in [0.1, 0.15) is 5.82 Å². The van der Waals surface area contributed by atoms with E-state index in [1.54, 1.807) is 10.6 Å². The number of nitrogens with one attached hydrogen (secondary N) is 1. The van der Waals surface area contributed by atoms with Gasteiger partial charge >= 0.3 is 5.69 Å². The minimum Gasteiger partial charge on any atom is -0.246 e. The van der Waals surface area contributed by atoms with Crippen LogP contribution in [0.2, 0.25) is 0 Å². The summed E-state index contributed by atoms with van der Waals surface area (Å²) in [5.74, 6) is 1.57. The van der Waals surface area contributed by atoms with Gasteiger partial charge in [-0.1, -0.05) is 27.7 Å². The topological polar surface area (TPSA) is 63.0 Å². The molecule has 0 aromatic carbocycles. The van der Waals surface area contributed by atoms with Crippen LogP contribution in [0.25, 0.3) is 5.52 Å². The molecule has 0 saturated heterocycles. The summed E-state index contributed by atoms with van der Waals surface area (Å²) in [5.41, 5.74) is 1.55. The molecule has 0 unspecified atom stereocenters. The number of nitrogens with zero attached hydrogens (tertiary/aromatic N) is 3. The number of fused-ring (bicyclic) bond motifs is 1. The normalized spacial score (nSPS) is 11.9. The summed E-state index contributed by atoms with van der Waals surface area (Å²) >= 11 is 0. The fourth-order valence-electron chi connectivity index (χ4n) is 1.98. The summed E-state index contributed by atoms with van der Waals surface area (Å²) in [4.78, 5) is 16.4. The Balaban J connectivity index is 2.71. The Kier molecular flexibility index (Phi) is 3.00. The summed E-state index contributed by atoms with van der Waals surface area (Å²) < 4.78 is 1.64. The van der Waals surface area contributed by atoms with Crippen LogP contribution in [0, 0.1) is 5.92 Å². The number of hydrogen-bond donors (Lipinski definition) is 1. The lowest BCUT2D eigenvalue weighted by Gasteiger charge is -2.02. The SMILES string of the molecule is CC(C)Cc1nc(C(C)C)c2cn[nH]c(=O)n12. The van der Waals surface area contributed by atoms with Crippen molar-refractivity contribution in [1.29, 1.82) is 0 Å². The molecule has 0 bridgehead atoms. The van der Waals surface area contributed by atoms with E-state index >= 15 is 0 Å². The average Bonchev–Trinajstić information content (AvgIpc) is 2.57. The second-order valence-corrected chi connectivity index (χ2v) is 5.06. The third-order valence-corrected chi connectivity index (χ3v) is 2.70. The van der Waals surface area contributed by atoms with Crippen LogP contribution >= 0.6 is 0 Å². The molecule has 0 aliphatic carbocycles. The Labute approximate surface area is 99.9 Å². The molecule has 92 valence electrons. The number of aromatic amines is 1. The molecule has 0 aliphatic rings. The molecule has 0 amide bonds. The molecule has 2 heterocycles. The van der Waals surface area contributed by atoms with Gasteiger partial charge in [-0.3, -0.25) is 0 Å². The van der Waals surface area contributed by atoms with Crippen molar-refractivity contribution in [1.82, 2.24) is 19.6 Å². The van der Waals surface area contributed by atoms with Crippen LogP contribution in [-0.2, 0) is 6.42 Å². The zero-order valence-electron chi connectivity index (χ0n) is 10.7. The van der Waals surface area contributed by atoms with Gasteiger partial charge in [0.2, 0.25) is 0 Å². The van der Waals surface area contributed by atoms with E-state index in [1.807, 2.05) is 0 Å². The van der Waals surface area contributed by atoms with E-state index in [2.05, 4.69) is 42.9 Å². The maximum absolute atomic E-state index is 11.8. The van der Waals surface area contributed by atoms with E-state index in [-0.39, 0.29) is 11.6 Å². The van der Waals surface area contributed by atoms with Crippen molar-refractivity contribution >= 4 is 5.52 Å². The first-order valence-electron chi connectivity index (χ1n) is 5.95. The number of H-pyrrole nitrogens is 1. The molecule has 0 atom stereocenters. The van der Waals surface area contributed by atoms with E-state index < -0.39 is 0 Å². The van der Waals surface area contributed by atoms with E-state index in [4.69, 9.17) is 0 Å². The van der Waals surface area contributed by atoms with Gasteiger partial charge in [-0.2, -0.15) is 5.10 Å². The zero-order chi connectivity index (χ0) is 12.6. The summed E-state index contributed by atoms with van der Waals surface area (Å²) in [6.45, 7) is 8.38. The predicted molar refractivity (Wildman–Crippen MR) is 66.2 cm³/mol. The monoisotopic (exact) mass is 234 g/mol. The van der Waals surface area contributed by atoms with Crippen LogP contribution in [0.3, 0.4) is 0 Å². The highest BCUT2D eigenvalue weighted by Crippen LogP contribution is 2.20. The van der Waals surface area contributed by atoms with Gasteiger partial charge in [0, 0.05) is 6.42 Å². The second kappa shape index (κ2) is 4.31. The Morgan fingerprint density at radius 1 is 1.35 bits per heavy atom. The molecule has 5 nitrogen and oxygen atoms in total. The molecule has 2 aromatic heterocycles. The molecule has 5 heteroatoms. The third kappa shape index (κ3) is 2.09. The lowest BCUT2D eigenvalue weighted by molar-refractivity contribution is 0.612. The smallest absolute Gasteiger partial charge is 0.246 e. The standard InChI is InChI=1S/C12H18N4O/c1-7(2)5-10-14-11(8(3)4)9-6-13-15-12(17)16(9)10/h6-8H,5H2,1-4H3,(H,15,17). The summed E-state index contributed by atoms with van der Waals surface area (Å²) in [5, 5.41) is 6.31. The largest absolute Gasteiger partial charge is 0.347 e. The minimum atomic E-state index is -0.211. The molecular formula is C12H18N4O.